The molecule has 0 amide bonds. The minimum atomic E-state index is -0.952. The Bertz CT molecular complexity index is 632. The van der Waals surface area contributed by atoms with Crippen LogP contribution in [0.4, 0.5) is 0 Å². The maximum atomic E-state index is 12.2. The van der Waals surface area contributed by atoms with Crippen LogP contribution in [-0.4, -0.2) is 23.5 Å². The highest BCUT2D eigenvalue weighted by molar-refractivity contribution is 5.88. The smallest absolute Gasteiger partial charge is 0.220 e. The van der Waals surface area contributed by atoms with Gasteiger partial charge in [0.25, 0.3) is 0 Å². The fourth-order valence-corrected chi connectivity index (χ4v) is 2.43. The summed E-state index contributed by atoms with van der Waals surface area (Å²) in [6.45, 7) is 0.693. The zero-order valence-electron chi connectivity index (χ0n) is 10.9. The summed E-state index contributed by atoms with van der Waals surface area (Å²) < 4.78 is 10.9. The summed E-state index contributed by atoms with van der Waals surface area (Å²) in [6, 6.07) is 9.22. The van der Waals surface area contributed by atoms with Gasteiger partial charge in [-0.15, -0.1) is 0 Å². The number of ether oxygens (including phenoxy) is 1. The molecule has 2 aromatic rings. The van der Waals surface area contributed by atoms with E-state index in [4.69, 9.17) is 9.15 Å². The average molecular weight is 270 g/mol. The van der Waals surface area contributed by atoms with E-state index in [2.05, 4.69) is 4.98 Å². The molecule has 0 bridgehead atoms. The standard InChI is InChI=1S/C15H14N2O3/c16-9-11(13(18)8-10-4-3-7-19-10)15-17-12-5-1-2-6-14(12)20-15/h1-2,5-6,10-11H,3-4,7-8H2/t10-,11+/m1/s1. The van der Waals surface area contributed by atoms with Crippen LogP contribution in [0.2, 0.25) is 0 Å². The first-order valence-corrected chi connectivity index (χ1v) is 6.67. The lowest BCUT2D eigenvalue weighted by Crippen LogP contribution is -2.18. The van der Waals surface area contributed by atoms with Gasteiger partial charge in [0.05, 0.1) is 12.2 Å². The number of ketones is 1. The minimum Gasteiger partial charge on any atom is -0.439 e. The van der Waals surface area contributed by atoms with Crippen LogP contribution in [0.3, 0.4) is 0 Å². The molecule has 1 aliphatic rings. The summed E-state index contributed by atoms with van der Waals surface area (Å²) in [7, 11) is 0. The Morgan fingerprint density at radius 1 is 1.50 bits per heavy atom. The molecule has 0 spiro atoms. The van der Waals surface area contributed by atoms with Crippen molar-refractivity contribution in [1.29, 1.82) is 5.26 Å². The number of para-hydroxylation sites is 2. The highest BCUT2D eigenvalue weighted by atomic mass is 16.5. The van der Waals surface area contributed by atoms with E-state index in [0.717, 1.165) is 12.8 Å². The van der Waals surface area contributed by atoms with E-state index < -0.39 is 5.92 Å². The van der Waals surface area contributed by atoms with Crippen molar-refractivity contribution in [2.24, 2.45) is 0 Å². The number of aromatic nitrogens is 1. The number of fused-ring (bicyclic) bond motifs is 1. The lowest BCUT2D eigenvalue weighted by molar-refractivity contribution is -0.121. The van der Waals surface area contributed by atoms with Crippen molar-refractivity contribution in [1.82, 2.24) is 4.98 Å². The molecular formula is C15H14N2O3. The van der Waals surface area contributed by atoms with E-state index in [1.165, 1.54) is 0 Å². The molecule has 0 N–H and O–H groups in total. The molecule has 5 nitrogen and oxygen atoms in total. The fraction of sp³-hybridized carbons (Fsp3) is 0.400. The first kappa shape index (κ1) is 12.8. The van der Waals surface area contributed by atoms with E-state index in [9.17, 15) is 10.1 Å². The highest BCUT2D eigenvalue weighted by Gasteiger charge is 2.29. The average Bonchev–Trinajstić information content (AvgIpc) is 3.08. The molecule has 1 aromatic carbocycles. The topological polar surface area (TPSA) is 76.1 Å². The second-order valence-electron chi connectivity index (χ2n) is 4.89. The summed E-state index contributed by atoms with van der Waals surface area (Å²) >= 11 is 0. The van der Waals surface area contributed by atoms with Crippen LogP contribution in [0.15, 0.2) is 28.7 Å². The number of carbonyl (C=O) groups excluding carboxylic acids is 1. The number of oxazole rings is 1. The van der Waals surface area contributed by atoms with E-state index in [-0.39, 0.29) is 24.2 Å². The summed E-state index contributed by atoms with van der Waals surface area (Å²) in [5, 5.41) is 9.24. The SMILES string of the molecule is N#C[C@@H](C(=O)C[C@H]1CCCO1)c1nc2ccccc2o1. The lowest BCUT2D eigenvalue weighted by Gasteiger charge is -2.09. The number of nitriles is 1. The normalized spacial score (nSPS) is 19.9. The Balaban J connectivity index is 1.81. The molecule has 1 aromatic heterocycles. The second-order valence-corrected chi connectivity index (χ2v) is 4.89. The predicted octanol–water partition coefficient (Wildman–Crippen LogP) is 2.57. The van der Waals surface area contributed by atoms with Gasteiger partial charge in [-0.2, -0.15) is 5.26 Å². The van der Waals surface area contributed by atoms with Crippen LogP contribution in [0.25, 0.3) is 11.1 Å². The molecule has 1 fully saturated rings. The van der Waals surface area contributed by atoms with Crippen molar-refractivity contribution in [3.05, 3.63) is 30.2 Å². The van der Waals surface area contributed by atoms with Crippen LogP contribution >= 0.6 is 0 Å². The van der Waals surface area contributed by atoms with Crippen LogP contribution in [-0.2, 0) is 9.53 Å². The number of rotatable bonds is 4. The van der Waals surface area contributed by atoms with Crippen molar-refractivity contribution < 1.29 is 13.9 Å². The van der Waals surface area contributed by atoms with Crippen molar-refractivity contribution in [3.63, 3.8) is 0 Å². The van der Waals surface area contributed by atoms with Crippen LogP contribution in [0.1, 0.15) is 31.1 Å². The molecule has 1 aliphatic heterocycles. The molecule has 2 heterocycles. The third kappa shape index (κ3) is 2.43. The fourth-order valence-electron chi connectivity index (χ4n) is 2.43. The van der Waals surface area contributed by atoms with Crippen LogP contribution in [0.5, 0.6) is 0 Å². The molecule has 5 heteroatoms. The van der Waals surface area contributed by atoms with Gasteiger partial charge in [-0.1, -0.05) is 12.1 Å². The minimum absolute atomic E-state index is 0.0669. The molecule has 20 heavy (non-hydrogen) atoms. The van der Waals surface area contributed by atoms with Gasteiger partial charge >= 0.3 is 0 Å². The number of nitrogens with zero attached hydrogens (tertiary/aromatic N) is 2. The van der Waals surface area contributed by atoms with E-state index in [1.54, 1.807) is 12.1 Å². The van der Waals surface area contributed by atoms with Crippen molar-refractivity contribution >= 4 is 16.9 Å². The van der Waals surface area contributed by atoms with Crippen molar-refractivity contribution in [2.75, 3.05) is 6.61 Å². The van der Waals surface area contributed by atoms with Gasteiger partial charge < -0.3 is 9.15 Å². The molecule has 0 unspecified atom stereocenters. The number of carbonyl (C=O) groups is 1. The number of Topliss-reactive ketones (excluding diaryl/α,β-unsaturated/α-hetero) is 1. The summed E-state index contributed by atoms with van der Waals surface area (Å²) in [4.78, 5) is 16.4. The van der Waals surface area contributed by atoms with Gasteiger partial charge in [0.2, 0.25) is 5.89 Å². The third-order valence-corrected chi connectivity index (χ3v) is 3.46. The number of hydrogen-bond donors (Lipinski definition) is 0. The Labute approximate surface area is 116 Å². The van der Waals surface area contributed by atoms with Gasteiger partial charge in [-0.25, -0.2) is 4.98 Å². The molecule has 3 rings (SSSR count). The van der Waals surface area contributed by atoms with Gasteiger partial charge in [0, 0.05) is 13.0 Å². The largest absolute Gasteiger partial charge is 0.439 e. The molecule has 2 atom stereocenters. The van der Waals surface area contributed by atoms with E-state index >= 15 is 0 Å². The zero-order valence-corrected chi connectivity index (χ0v) is 10.9. The molecule has 0 saturated carbocycles. The predicted molar refractivity (Wildman–Crippen MR) is 71.0 cm³/mol. The van der Waals surface area contributed by atoms with Crippen molar-refractivity contribution in [3.8, 4) is 6.07 Å². The molecule has 102 valence electrons. The zero-order chi connectivity index (χ0) is 13.9. The lowest BCUT2D eigenvalue weighted by atomic mass is 9.99. The third-order valence-electron chi connectivity index (χ3n) is 3.46. The quantitative estimate of drug-likeness (QED) is 0.853. The Kier molecular flexibility index (Phi) is 3.48. The Hall–Kier alpha value is -2.19. The maximum Gasteiger partial charge on any atom is 0.220 e. The first-order chi connectivity index (χ1) is 9.78. The molecule has 1 saturated heterocycles. The second kappa shape index (κ2) is 5.43. The summed E-state index contributed by atoms with van der Waals surface area (Å²) in [6.07, 6.45) is 2.02. The van der Waals surface area contributed by atoms with E-state index in [1.807, 2.05) is 18.2 Å². The molecule has 0 aliphatic carbocycles. The van der Waals surface area contributed by atoms with Crippen LogP contribution < -0.4 is 0 Å². The van der Waals surface area contributed by atoms with E-state index in [0.29, 0.717) is 17.7 Å². The van der Waals surface area contributed by atoms with Gasteiger partial charge in [0.15, 0.2) is 17.3 Å². The molecular weight excluding hydrogens is 256 g/mol. The maximum absolute atomic E-state index is 12.2. The monoisotopic (exact) mass is 270 g/mol. The Morgan fingerprint density at radius 2 is 2.35 bits per heavy atom. The van der Waals surface area contributed by atoms with Crippen molar-refractivity contribution in [2.45, 2.75) is 31.3 Å². The van der Waals surface area contributed by atoms with Gasteiger partial charge in [-0.05, 0) is 25.0 Å². The molecule has 0 radical (unpaired) electrons. The summed E-state index contributed by atoms with van der Waals surface area (Å²) in [5.41, 5.74) is 1.25. The van der Waals surface area contributed by atoms with Gasteiger partial charge in [-0.3, -0.25) is 4.79 Å². The highest BCUT2D eigenvalue weighted by Crippen LogP contribution is 2.25. The number of hydrogen-bond acceptors (Lipinski definition) is 5. The Morgan fingerprint density at radius 3 is 3.05 bits per heavy atom. The van der Waals surface area contributed by atoms with Gasteiger partial charge in [0.1, 0.15) is 5.52 Å². The number of benzene rings is 1. The van der Waals surface area contributed by atoms with Crippen LogP contribution in [0, 0.1) is 11.3 Å². The summed E-state index contributed by atoms with van der Waals surface area (Å²) in [5.74, 6) is -0.964. The first-order valence-electron chi connectivity index (χ1n) is 6.67.